The highest BCUT2D eigenvalue weighted by molar-refractivity contribution is 7.88. The van der Waals surface area contributed by atoms with E-state index in [-0.39, 0.29) is 19.0 Å². The van der Waals surface area contributed by atoms with Crippen LogP contribution in [0.5, 0.6) is 0 Å². The summed E-state index contributed by atoms with van der Waals surface area (Å²) < 4.78 is 25.3. The van der Waals surface area contributed by atoms with Gasteiger partial charge in [0.25, 0.3) is 0 Å². The number of nitrogens with zero attached hydrogens (tertiary/aromatic N) is 2. The maximum Gasteiger partial charge on any atom is 0.238 e. The lowest BCUT2D eigenvalue weighted by Crippen LogP contribution is -3.12. The largest absolute Gasteiger partial charge is 0.334 e. The molecule has 1 heterocycles. The van der Waals surface area contributed by atoms with E-state index >= 15 is 0 Å². The lowest BCUT2D eigenvalue weighted by molar-refractivity contribution is -0.883. The van der Waals surface area contributed by atoms with Gasteiger partial charge in [-0.15, -0.1) is 0 Å². The molecule has 1 saturated heterocycles. The van der Waals surface area contributed by atoms with Crippen LogP contribution in [0.15, 0.2) is 18.2 Å². The molecule has 1 aliphatic rings. The summed E-state index contributed by atoms with van der Waals surface area (Å²) in [6, 6.07) is 4.94. The maximum absolute atomic E-state index is 12.4. The number of rotatable bonds is 5. The highest BCUT2D eigenvalue weighted by Gasteiger charge is 2.26. The summed E-state index contributed by atoms with van der Waals surface area (Å²) in [7, 11) is -1.45. The summed E-state index contributed by atoms with van der Waals surface area (Å²) in [6.45, 7) is 2.96. The van der Waals surface area contributed by atoms with E-state index < -0.39 is 10.0 Å². The Labute approximate surface area is 153 Å². The number of carbonyl (C=O) groups is 1. The summed E-state index contributed by atoms with van der Waals surface area (Å²) >= 11 is 11.9. The lowest BCUT2D eigenvalue weighted by atomic mass is 10.2. The zero-order valence-corrected chi connectivity index (χ0v) is 16.1. The first-order valence-corrected chi connectivity index (χ1v) is 10.3. The molecule has 1 aromatic carbocycles. The number of likely N-dealkylation sites (N-methyl/N-ethyl adjacent to an activating group) is 1. The van der Waals surface area contributed by atoms with E-state index in [4.69, 9.17) is 23.2 Å². The van der Waals surface area contributed by atoms with E-state index in [2.05, 4.69) is 7.05 Å². The number of carbonyl (C=O) groups excluding carboxylic acids is 1. The lowest BCUT2D eigenvalue weighted by Gasteiger charge is -2.31. The number of hydrogen-bond donors (Lipinski definition) is 1. The number of halogens is 2. The van der Waals surface area contributed by atoms with E-state index in [0.29, 0.717) is 28.7 Å². The molecular formula is C15H22Cl2N3O3S+. The molecule has 0 unspecified atom stereocenters. The van der Waals surface area contributed by atoms with Crippen LogP contribution in [0.2, 0.25) is 10.0 Å². The van der Waals surface area contributed by atoms with Crippen LogP contribution in [-0.4, -0.2) is 69.6 Å². The van der Waals surface area contributed by atoms with Gasteiger partial charge in [-0.05, 0) is 17.7 Å². The van der Waals surface area contributed by atoms with Crippen molar-refractivity contribution in [1.29, 1.82) is 0 Å². The molecular weight excluding hydrogens is 373 g/mol. The van der Waals surface area contributed by atoms with Crippen LogP contribution in [-0.2, 0) is 21.4 Å². The van der Waals surface area contributed by atoms with Crippen molar-refractivity contribution >= 4 is 39.1 Å². The number of piperazine rings is 1. The predicted octanol–water partition coefficient (Wildman–Crippen LogP) is 0.112. The second kappa shape index (κ2) is 8.01. The van der Waals surface area contributed by atoms with E-state index in [1.54, 1.807) is 23.1 Å². The van der Waals surface area contributed by atoms with Gasteiger partial charge < -0.3 is 9.80 Å². The third-order valence-electron chi connectivity index (χ3n) is 4.09. The van der Waals surface area contributed by atoms with Crippen LogP contribution in [0.25, 0.3) is 0 Å². The number of nitrogens with one attached hydrogen (secondary N) is 1. The SMILES string of the molecule is C[NH+]1CCN(C(=O)CN(Cc2ccc(Cl)c(Cl)c2)S(C)(=O)=O)CC1. The minimum Gasteiger partial charge on any atom is -0.334 e. The molecule has 0 saturated carbocycles. The predicted molar refractivity (Wildman–Crippen MR) is 94.9 cm³/mol. The van der Waals surface area contributed by atoms with Crippen molar-refractivity contribution in [3.05, 3.63) is 33.8 Å². The summed E-state index contributed by atoms with van der Waals surface area (Å²) in [4.78, 5) is 15.5. The van der Waals surface area contributed by atoms with Gasteiger partial charge in [-0.3, -0.25) is 4.79 Å². The minimum absolute atomic E-state index is 0.0838. The molecule has 9 heteroatoms. The second-order valence-electron chi connectivity index (χ2n) is 6.12. The zero-order valence-electron chi connectivity index (χ0n) is 13.8. The molecule has 24 heavy (non-hydrogen) atoms. The van der Waals surface area contributed by atoms with Gasteiger partial charge in [0.15, 0.2) is 0 Å². The Morgan fingerprint density at radius 1 is 1.25 bits per heavy atom. The first-order valence-electron chi connectivity index (χ1n) is 7.65. The fourth-order valence-corrected chi connectivity index (χ4v) is 3.57. The monoisotopic (exact) mass is 394 g/mol. The molecule has 0 atom stereocenters. The van der Waals surface area contributed by atoms with E-state index in [1.807, 2.05) is 0 Å². The topological polar surface area (TPSA) is 62.1 Å². The van der Waals surface area contributed by atoms with Gasteiger partial charge in [-0.1, -0.05) is 29.3 Å². The van der Waals surface area contributed by atoms with Gasteiger partial charge in [-0.25, -0.2) is 8.42 Å². The average Bonchev–Trinajstić information content (AvgIpc) is 2.50. The number of quaternary nitrogens is 1. The first kappa shape index (κ1) is 19.5. The minimum atomic E-state index is -3.53. The molecule has 1 amide bonds. The molecule has 0 aliphatic carbocycles. The van der Waals surface area contributed by atoms with Crippen LogP contribution < -0.4 is 4.90 Å². The van der Waals surface area contributed by atoms with Crippen molar-refractivity contribution in [3.63, 3.8) is 0 Å². The summed E-state index contributed by atoms with van der Waals surface area (Å²) in [5.74, 6) is -0.173. The Bertz CT molecular complexity index is 704. The fraction of sp³-hybridized carbons (Fsp3) is 0.533. The Morgan fingerprint density at radius 2 is 1.88 bits per heavy atom. The van der Waals surface area contributed by atoms with E-state index in [0.717, 1.165) is 19.3 Å². The molecule has 0 spiro atoms. The van der Waals surface area contributed by atoms with Gasteiger partial charge in [0.1, 0.15) is 0 Å². The average molecular weight is 395 g/mol. The van der Waals surface area contributed by atoms with Crippen molar-refractivity contribution in [1.82, 2.24) is 9.21 Å². The normalized spacial score (nSPS) is 16.6. The van der Waals surface area contributed by atoms with E-state index in [1.165, 1.54) is 9.21 Å². The summed E-state index contributed by atoms with van der Waals surface area (Å²) in [5, 5.41) is 0.762. The molecule has 134 valence electrons. The van der Waals surface area contributed by atoms with Gasteiger partial charge in [0.2, 0.25) is 15.9 Å². The smallest absolute Gasteiger partial charge is 0.238 e. The first-order chi connectivity index (χ1) is 11.2. The Kier molecular flexibility index (Phi) is 6.50. The van der Waals surface area contributed by atoms with Gasteiger partial charge in [-0.2, -0.15) is 4.31 Å². The van der Waals surface area contributed by atoms with E-state index in [9.17, 15) is 13.2 Å². The Hall–Kier alpha value is -0.860. The fourth-order valence-electron chi connectivity index (χ4n) is 2.52. The summed E-state index contributed by atoms with van der Waals surface area (Å²) in [5.41, 5.74) is 0.686. The van der Waals surface area contributed by atoms with Gasteiger partial charge in [0.05, 0.1) is 56.1 Å². The van der Waals surface area contributed by atoms with Gasteiger partial charge in [0, 0.05) is 6.54 Å². The number of hydrogen-bond acceptors (Lipinski definition) is 3. The Balaban J connectivity index is 2.08. The zero-order chi connectivity index (χ0) is 17.9. The molecule has 2 rings (SSSR count). The molecule has 1 aliphatic heterocycles. The van der Waals surface area contributed by atoms with Crippen molar-refractivity contribution < 1.29 is 18.1 Å². The molecule has 0 bridgehead atoms. The number of benzene rings is 1. The third kappa shape index (κ3) is 5.32. The molecule has 0 radical (unpaired) electrons. The summed E-state index contributed by atoms with van der Waals surface area (Å²) in [6.07, 6.45) is 1.10. The third-order valence-corrected chi connectivity index (χ3v) is 6.03. The standard InChI is InChI=1S/C15H21Cl2N3O3S/c1-18-5-7-19(8-6-18)15(21)11-20(24(2,22)23)10-12-3-4-13(16)14(17)9-12/h3-4,9H,5-8,10-11H2,1-2H3/p+1. The van der Waals surface area contributed by atoms with Crippen LogP contribution in [0.3, 0.4) is 0 Å². The second-order valence-corrected chi connectivity index (χ2v) is 8.91. The van der Waals surface area contributed by atoms with Crippen molar-refractivity contribution in [2.75, 3.05) is 46.0 Å². The highest BCUT2D eigenvalue weighted by Crippen LogP contribution is 2.23. The number of amides is 1. The van der Waals surface area contributed by atoms with Crippen LogP contribution in [0, 0.1) is 0 Å². The van der Waals surface area contributed by atoms with Crippen LogP contribution in [0.1, 0.15) is 5.56 Å². The number of sulfonamides is 1. The molecule has 0 aromatic heterocycles. The van der Waals surface area contributed by atoms with Crippen LogP contribution >= 0.6 is 23.2 Å². The van der Waals surface area contributed by atoms with Gasteiger partial charge >= 0.3 is 0 Å². The van der Waals surface area contributed by atoms with Crippen molar-refractivity contribution in [3.8, 4) is 0 Å². The van der Waals surface area contributed by atoms with Crippen molar-refractivity contribution in [2.24, 2.45) is 0 Å². The quantitative estimate of drug-likeness (QED) is 0.770. The molecule has 1 fully saturated rings. The van der Waals surface area contributed by atoms with Crippen molar-refractivity contribution in [2.45, 2.75) is 6.54 Å². The highest BCUT2D eigenvalue weighted by atomic mass is 35.5. The Morgan fingerprint density at radius 3 is 2.42 bits per heavy atom. The molecule has 1 N–H and O–H groups in total. The maximum atomic E-state index is 12.4. The van der Waals surface area contributed by atoms with Crippen LogP contribution in [0.4, 0.5) is 0 Å². The molecule has 6 nitrogen and oxygen atoms in total. The molecule has 1 aromatic rings.